The quantitative estimate of drug-likeness (QED) is 0.402. The van der Waals surface area contributed by atoms with Crippen LogP contribution in [0.4, 0.5) is 10.5 Å². The van der Waals surface area contributed by atoms with E-state index in [1.165, 1.54) is 0 Å². The molecule has 4 aliphatic carbocycles. The number of anilines is 1. The molecule has 198 valence electrons. The lowest BCUT2D eigenvalue weighted by Crippen LogP contribution is -2.63. The number of hydrogen-bond acceptors (Lipinski definition) is 7. The Bertz CT molecular complexity index is 1250. The van der Waals surface area contributed by atoms with Crippen molar-refractivity contribution >= 4 is 23.6 Å². The van der Waals surface area contributed by atoms with Gasteiger partial charge in [-0.25, -0.2) is 9.59 Å². The molecule has 0 aromatic heterocycles. The standard InChI is InChI=1S/C29H35NO7/c1-14-11-18-19(13-15(2)22(18)31)28(35)16(3)24(36-25(32)17-9-7-8-10-21(17)30-6)29(37-26(33)34)23(20(28)12-14)27(29,4)5/h7-10,12-13,16,18-20,23-24,30,35H,11H2,1-6H3,(H,33,34)/t16-,18-,19-,20+,23-,24-,28+,29-/m1/s1. The number of rotatable bonds is 4. The molecule has 8 atom stereocenters. The Morgan fingerprint density at radius 2 is 1.78 bits per heavy atom. The van der Waals surface area contributed by atoms with Crippen molar-refractivity contribution in [2.75, 3.05) is 12.4 Å². The molecule has 0 aliphatic heterocycles. The molecule has 8 nitrogen and oxygen atoms in total. The van der Waals surface area contributed by atoms with E-state index in [1.807, 2.05) is 32.9 Å². The first-order chi connectivity index (χ1) is 17.3. The molecule has 0 bridgehead atoms. The minimum Gasteiger partial charge on any atom is -0.454 e. The number of aliphatic hydroxyl groups is 1. The molecule has 0 amide bonds. The van der Waals surface area contributed by atoms with Crippen LogP contribution in [0, 0.1) is 35.0 Å². The summed E-state index contributed by atoms with van der Waals surface area (Å²) in [6, 6.07) is 6.90. The van der Waals surface area contributed by atoms with Crippen molar-refractivity contribution in [1.29, 1.82) is 0 Å². The van der Waals surface area contributed by atoms with Gasteiger partial charge in [0.05, 0.1) is 11.2 Å². The van der Waals surface area contributed by atoms with Crippen molar-refractivity contribution < 1.29 is 34.1 Å². The summed E-state index contributed by atoms with van der Waals surface area (Å²) in [5.74, 6) is -3.18. The van der Waals surface area contributed by atoms with E-state index < -0.39 is 64.4 Å². The van der Waals surface area contributed by atoms with E-state index in [0.29, 0.717) is 23.2 Å². The van der Waals surface area contributed by atoms with Crippen LogP contribution in [0.5, 0.6) is 0 Å². The molecule has 0 saturated heterocycles. The molecular formula is C29H35NO7. The van der Waals surface area contributed by atoms with Gasteiger partial charge in [-0.15, -0.1) is 0 Å². The van der Waals surface area contributed by atoms with Gasteiger partial charge in [-0.1, -0.05) is 50.6 Å². The number of ether oxygens (including phenoxy) is 2. The first-order valence-corrected chi connectivity index (χ1v) is 12.8. The van der Waals surface area contributed by atoms with Gasteiger partial charge in [0.1, 0.15) is 6.10 Å². The Labute approximate surface area is 216 Å². The number of esters is 1. The van der Waals surface area contributed by atoms with Gasteiger partial charge in [0, 0.05) is 47.7 Å². The van der Waals surface area contributed by atoms with E-state index in [9.17, 15) is 24.6 Å². The molecule has 1 aromatic rings. The summed E-state index contributed by atoms with van der Waals surface area (Å²) < 4.78 is 11.8. The van der Waals surface area contributed by atoms with Crippen molar-refractivity contribution in [1.82, 2.24) is 0 Å². The Morgan fingerprint density at radius 3 is 2.43 bits per heavy atom. The van der Waals surface area contributed by atoms with Crippen molar-refractivity contribution in [3.8, 4) is 0 Å². The van der Waals surface area contributed by atoms with Crippen LogP contribution in [-0.4, -0.2) is 52.5 Å². The number of carboxylic acid groups (broad SMARTS) is 1. The molecule has 37 heavy (non-hydrogen) atoms. The van der Waals surface area contributed by atoms with Crippen LogP contribution in [-0.2, 0) is 14.3 Å². The van der Waals surface area contributed by atoms with Gasteiger partial charge in [-0.3, -0.25) is 4.79 Å². The van der Waals surface area contributed by atoms with E-state index in [0.717, 1.165) is 5.57 Å². The van der Waals surface area contributed by atoms with Crippen molar-refractivity contribution in [2.24, 2.45) is 35.0 Å². The number of hydrogen-bond donors (Lipinski definition) is 3. The summed E-state index contributed by atoms with van der Waals surface area (Å²) >= 11 is 0. The van der Waals surface area contributed by atoms with Crippen LogP contribution in [0.1, 0.15) is 51.4 Å². The predicted molar refractivity (Wildman–Crippen MR) is 136 cm³/mol. The Kier molecular flexibility index (Phi) is 5.64. The van der Waals surface area contributed by atoms with Crippen LogP contribution in [0.3, 0.4) is 0 Å². The molecule has 0 heterocycles. The van der Waals surface area contributed by atoms with Crippen molar-refractivity contribution in [2.45, 2.75) is 58.3 Å². The first-order valence-electron chi connectivity index (χ1n) is 12.8. The second-order valence-electron chi connectivity index (χ2n) is 11.7. The fraction of sp³-hybridized carbons (Fsp3) is 0.552. The number of benzene rings is 1. The molecule has 2 saturated carbocycles. The lowest BCUT2D eigenvalue weighted by Gasteiger charge is -2.51. The number of nitrogens with one attached hydrogen (secondary N) is 1. The van der Waals surface area contributed by atoms with E-state index in [1.54, 1.807) is 45.2 Å². The molecule has 1 aromatic carbocycles. The summed E-state index contributed by atoms with van der Waals surface area (Å²) in [7, 11) is 1.70. The highest BCUT2D eigenvalue weighted by molar-refractivity contribution is 6.00. The largest absolute Gasteiger partial charge is 0.506 e. The lowest BCUT2D eigenvalue weighted by molar-refractivity contribution is -0.195. The minimum absolute atomic E-state index is 0.0178. The number of allylic oxidation sites excluding steroid dienone is 2. The molecule has 0 radical (unpaired) electrons. The van der Waals surface area contributed by atoms with Gasteiger partial charge in [0.2, 0.25) is 0 Å². The van der Waals surface area contributed by atoms with Crippen molar-refractivity contribution in [3.63, 3.8) is 0 Å². The summed E-state index contributed by atoms with van der Waals surface area (Å²) in [5, 5.41) is 25.4. The van der Waals surface area contributed by atoms with E-state index >= 15 is 0 Å². The number of para-hydroxylation sites is 1. The predicted octanol–water partition coefficient (Wildman–Crippen LogP) is 4.45. The maximum absolute atomic E-state index is 13.5. The van der Waals surface area contributed by atoms with Gasteiger partial charge in [-0.05, 0) is 38.0 Å². The average Bonchev–Trinajstić information content (AvgIpc) is 3.23. The summed E-state index contributed by atoms with van der Waals surface area (Å²) in [6.45, 7) is 9.29. The van der Waals surface area contributed by atoms with Gasteiger partial charge in [0.15, 0.2) is 11.4 Å². The molecular weight excluding hydrogens is 474 g/mol. The molecule has 5 rings (SSSR count). The van der Waals surface area contributed by atoms with Gasteiger partial charge < -0.3 is 25.0 Å². The minimum atomic E-state index is -1.45. The topological polar surface area (TPSA) is 122 Å². The van der Waals surface area contributed by atoms with Gasteiger partial charge in [-0.2, -0.15) is 0 Å². The Balaban J connectivity index is 1.66. The smallest absolute Gasteiger partial charge is 0.454 e. The SMILES string of the molecule is CNc1ccccc1C(=O)O[C@@H]1[C@@H](C)[C@]2(O)[C@@H]3C=C(C)C(=O)[C@@H]3CC(C)=C[C@H]2[C@@H]2C(C)(C)[C@]12OC(=O)O. The van der Waals surface area contributed by atoms with Crippen LogP contribution in [0.25, 0.3) is 0 Å². The number of carbonyl (C=O) groups is 3. The highest BCUT2D eigenvalue weighted by Crippen LogP contribution is 2.77. The monoisotopic (exact) mass is 509 g/mol. The number of fused-ring (bicyclic) bond motifs is 5. The summed E-state index contributed by atoms with van der Waals surface area (Å²) in [5.41, 5.74) is -1.07. The highest BCUT2D eigenvalue weighted by atomic mass is 16.7. The van der Waals surface area contributed by atoms with Gasteiger partial charge >= 0.3 is 12.1 Å². The molecule has 0 unspecified atom stereocenters. The van der Waals surface area contributed by atoms with Crippen LogP contribution < -0.4 is 5.32 Å². The van der Waals surface area contributed by atoms with Crippen molar-refractivity contribution in [3.05, 3.63) is 53.1 Å². The third-order valence-electron chi connectivity index (χ3n) is 9.70. The molecule has 8 heteroatoms. The first kappa shape index (κ1) is 25.5. The fourth-order valence-corrected chi connectivity index (χ4v) is 7.96. The number of carbonyl (C=O) groups excluding carboxylic acids is 2. The summed E-state index contributed by atoms with van der Waals surface area (Å²) in [6.07, 6.45) is 1.85. The Morgan fingerprint density at radius 1 is 1.11 bits per heavy atom. The zero-order valence-corrected chi connectivity index (χ0v) is 22.1. The molecule has 4 aliphatic rings. The Hall–Kier alpha value is -3.13. The molecule has 2 fully saturated rings. The number of ketones is 1. The van der Waals surface area contributed by atoms with Crippen LogP contribution in [0.15, 0.2) is 47.6 Å². The van der Waals surface area contributed by atoms with E-state index in [4.69, 9.17) is 9.47 Å². The lowest BCUT2D eigenvalue weighted by atomic mass is 9.60. The maximum atomic E-state index is 13.5. The summed E-state index contributed by atoms with van der Waals surface area (Å²) in [4.78, 5) is 38.7. The second kappa shape index (κ2) is 8.18. The average molecular weight is 510 g/mol. The third-order valence-corrected chi connectivity index (χ3v) is 9.70. The third kappa shape index (κ3) is 3.27. The number of Topliss-reactive ketones (excluding diaryl/α,β-unsaturated/α-hetero) is 1. The fourth-order valence-electron chi connectivity index (χ4n) is 7.96. The highest BCUT2D eigenvalue weighted by Gasteiger charge is 2.87. The van der Waals surface area contributed by atoms with Crippen LogP contribution in [0.2, 0.25) is 0 Å². The van der Waals surface area contributed by atoms with Crippen LogP contribution >= 0.6 is 0 Å². The second-order valence-corrected chi connectivity index (χ2v) is 11.7. The van der Waals surface area contributed by atoms with E-state index in [-0.39, 0.29) is 5.78 Å². The zero-order chi connectivity index (χ0) is 27.1. The normalized spacial score (nSPS) is 39.2. The zero-order valence-electron chi connectivity index (χ0n) is 22.1. The maximum Gasteiger partial charge on any atom is 0.506 e. The van der Waals surface area contributed by atoms with Gasteiger partial charge in [0.25, 0.3) is 0 Å². The molecule has 3 N–H and O–H groups in total. The van der Waals surface area contributed by atoms with E-state index in [2.05, 4.69) is 5.32 Å². The molecule has 0 spiro atoms.